The van der Waals surface area contributed by atoms with E-state index in [1.807, 2.05) is 0 Å². The maximum Gasteiger partial charge on any atom is 0.435 e. The largest absolute Gasteiger partial charge is 0.435 e. The van der Waals surface area contributed by atoms with Gasteiger partial charge in [-0.05, 0) is 130 Å². The summed E-state index contributed by atoms with van der Waals surface area (Å²) >= 11 is 22.1. The number of nitrogens with one attached hydrogen (secondary N) is 3. The summed E-state index contributed by atoms with van der Waals surface area (Å²) in [5, 5.41) is 4.65. The van der Waals surface area contributed by atoms with Crippen LogP contribution >= 0.6 is 66.7 Å². The van der Waals surface area contributed by atoms with Gasteiger partial charge in [0.25, 0.3) is 23.0 Å². The first-order valence-electron chi connectivity index (χ1n) is 21.4. The van der Waals surface area contributed by atoms with E-state index < -0.39 is 123 Å². The molecule has 0 saturated heterocycles. The van der Waals surface area contributed by atoms with Crippen molar-refractivity contribution < 1.29 is 89.4 Å². The van der Waals surface area contributed by atoms with E-state index in [1.54, 1.807) is 26.0 Å². The van der Waals surface area contributed by atoms with Crippen molar-refractivity contribution in [2.45, 2.75) is 49.9 Å². The second-order valence-electron chi connectivity index (χ2n) is 15.5. The monoisotopic (exact) mass is 1320 g/mol. The number of amides is 3. The first kappa shape index (κ1) is 65.3. The molecule has 0 aliphatic carbocycles. The van der Waals surface area contributed by atoms with E-state index >= 15 is 4.39 Å². The number of rotatable bonds is 12. The molecular formula is C48H31Br2Cl3F16N6O4. The second kappa shape index (κ2) is 25.9. The normalized spacial score (nSPS) is 12.0. The molecule has 6 rings (SSSR count). The molecule has 2 aromatic heterocycles. The highest BCUT2D eigenvalue weighted by Gasteiger charge is 2.74. The molecule has 0 bridgehead atoms. The van der Waals surface area contributed by atoms with Crippen LogP contribution in [0, 0.1) is 11.6 Å². The van der Waals surface area contributed by atoms with Gasteiger partial charge in [0.1, 0.15) is 0 Å². The van der Waals surface area contributed by atoms with Gasteiger partial charge in [-0.15, -0.1) is 0 Å². The van der Waals surface area contributed by atoms with Crippen LogP contribution in [0.2, 0.25) is 10.0 Å². The topological polar surface area (TPSA) is 133 Å². The highest BCUT2D eigenvalue weighted by molar-refractivity contribution is 9.11. The standard InChI is InChI=1S/C24H15BrClF8N3O2.C18H12BrClF8N2O.C6H4ClNO/c1-2-37(21(39)12-6-8-35-9-7-12)17-5-3-4-14(18(17)27)20(38)36-19-15(25)10-13(11-16(19)26)22(28,23(29,30)31)24(32,33)34;1-2-29-12-5-3-4-9(13(12)21)15(31)30-14-10(19)6-8(7-11(14)20)16(22,17(23,24)25)18(26,27)28;7-6(9)5-1-3-8-4-2-5/h3-11H,2H2,1H3,(H,36,38);3-7,29H,2H2,1H3,(H,30,31);1-4H. The molecule has 3 N–H and O–H groups in total. The number of nitrogens with zero attached hydrogens (tertiary/aromatic N) is 3. The van der Waals surface area contributed by atoms with Gasteiger partial charge in [-0.3, -0.25) is 29.1 Å². The molecule has 2 heterocycles. The van der Waals surface area contributed by atoms with Crippen molar-refractivity contribution in [1.29, 1.82) is 0 Å². The molecule has 79 heavy (non-hydrogen) atoms. The van der Waals surface area contributed by atoms with E-state index in [4.69, 9.17) is 34.8 Å². The number of carbonyl (C=O) groups is 4. The number of carbonyl (C=O) groups excluding carboxylic acids is 4. The van der Waals surface area contributed by atoms with Gasteiger partial charge < -0.3 is 20.9 Å². The summed E-state index contributed by atoms with van der Waals surface area (Å²) in [6.07, 6.45) is -19.7. The minimum absolute atomic E-state index is 0.00627. The van der Waals surface area contributed by atoms with Crippen LogP contribution in [0.1, 0.15) is 66.4 Å². The predicted octanol–water partition coefficient (Wildman–Crippen LogP) is 16.5. The lowest BCUT2D eigenvalue weighted by atomic mass is 9.94. The van der Waals surface area contributed by atoms with Crippen LogP contribution in [0.25, 0.3) is 0 Å². The smallest absolute Gasteiger partial charge is 0.383 e. The number of benzene rings is 4. The Bertz CT molecular complexity index is 3120. The first-order chi connectivity index (χ1) is 36.5. The van der Waals surface area contributed by atoms with Crippen LogP contribution in [-0.4, -0.2) is 70.7 Å². The third-order valence-electron chi connectivity index (χ3n) is 10.4. The molecule has 0 fully saturated rings. The van der Waals surface area contributed by atoms with Gasteiger partial charge in [0, 0.05) is 69.1 Å². The Labute approximate surface area is 467 Å². The zero-order chi connectivity index (χ0) is 59.8. The minimum atomic E-state index is -6.39. The molecule has 424 valence electrons. The molecule has 3 amide bonds. The summed E-state index contributed by atoms with van der Waals surface area (Å²) in [5.74, 6) is -5.01. The number of hydrogen-bond acceptors (Lipinski definition) is 7. The van der Waals surface area contributed by atoms with Crippen LogP contribution in [-0.2, 0) is 11.3 Å². The van der Waals surface area contributed by atoms with Crippen LogP contribution in [0.3, 0.4) is 0 Å². The number of hydrogen-bond donors (Lipinski definition) is 3. The minimum Gasteiger partial charge on any atom is -0.383 e. The average molecular weight is 1330 g/mol. The molecule has 4 aromatic carbocycles. The van der Waals surface area contributed by atoms with Crippen molar-refractivity contribution >= 4 is 112 Å². The SMILES string of the molecule is CCN(C(=O)c1ccncc1)c1cccc(C(=O)Nc2c(Cl)cc(C(F)(C(F)(F)F)C(F)(F)F)cc2Br)c1F.CCNc1cccc(C(=O)Nc2c(Cl)cc(C(F)(C(F)(F)F)C(F)(F)F)cc2Br)c1F.O=C(Cl)c1ccncc1. The summed E-state index contributed by atoms with van der Waals surface area (Å²) in [7, 11) is 0. The molecule has 31 heteroatoms. The van der Waals surface area contributed by atoms with Gasteiger partial charge in [0.2, 0.25) is 0 Å². The zero-order valence-electron chi connectivity index (χ0n) is 39.2. The number of pyridine rings is 2. The maximum absolute atomic E-state index is 15.4. The molecule has 6 aromatic rings. The Hall–Kier alpha value is -6.23. The molecule has 0 spiro atoms. The van der Waals surface area contributed by atoms with Crippen LogP contribution in [0.5, 0.6) is 0 Å². The van der Waals surface area contributed by atoms with Crippen molar-refractivity contribution in [3.05, 3.63) is 174 Å². The zero-order valence-corrected chi connectivity index (χ0v) is 44.7. The molecule has 0 radical (unpaired) electrons. The second-order valence-corrected chi connectivity index (χ2v) is 18.3. The Balaban J connectivity index is 0.000000299. The number of halogens is 21. The molecule has 0 aliphatic rings. The molecule has 0 saturated carbocycles. The molecule has 10 nitrogen and oxygen atoms in total. The molecule has 0 aliphatic heterocycles. The Morgan fingerprint density at radius 1 is 0.557 bits per heavy atom. The van der Waals surface area contributed by atoms with E-state index in [0.717, 1.165) is 17.0 Å². The van der Waals surface area contributed by atoms with Gasteiger partial charge >= 0.3 is 36.0 Å². The third-order valence-corrected chi connectivity index (χ3v) is 12.5. The van der Waals surface area contributed by atoms with Crippen molar-refractivity contribution in [3.63, 3.8) is 0 Å². The average Bonchev–Trinajstić information content (AvgIpc) is 3.42. The van der Waals surface area contributed by atoms with Crippen molar-refractivity contribution in [2.75, 3.05) is 33.9 Å². The Kier molecular flexibility index (Phi) is 21.4. The fraction of sp³-hybridized carbons (Fsp3) is 0.208. The maximum atomic E-state index is 15.4. The van der Waals surface area contributed by atoms with Crippen LogP contribution < -0.4 is 20.9 Å². The number of anilines is 4. The van der Waals surface area contributed by atoms with Crippen LogP contribution in [0.15, 0.2) is 119 Å². The van der Waals surface area contributed by atoms with E-state index in [1.165, 1.54) is 61.2 Å². The summed E-state index contributed by atoms with van der Waals surface area (Å²) < 4.78 is 214. The highest BCUT2D eigenvalue weighted by Crippen LogP contribution is 2.56. The van der Waals surface area contributed by atoms with E-state index in [-0.39, 0.29) is 47.7 Å². The fourth-order valence-electron chi connectivity index (χ4n) is 6.62. The van der Waals surface area contributed by atoms with E-state index in [0.29, 0.717) is 12.1 Å². The Morgan fingerprint density at radius 2 is 0.937 bits per heavy atom. The predicted molar refractivity (Wildman–Crippen MR) is 267 cm³/mol. The highest BCUT2D eigenvalue weighted by atomic mass is 79.9. The summed E-state index contributed by atoms with van der Waals surface area (Å²) in [6.45, 7) is 3.56. The fourth-order valence-corrected chi connectivity index (χ4v) is 8.62. The van der Waals surface area contributed by atoms with Gasteiger partial charge in [-0.2, -0.15) is 52.7 Å². The molecule has 0 unspecified atom stereocenters. The lowest BCUT2D eigenvalue weighted by Gasteiger charge is -2.30. The van der Waals surface area contributed by atoms with Crippen molar-refractivity contribution in [3.8, 4) is 0 Å². The van der Waals surface area contributed by atoms with Gasteiger partial charge in [-0.25, -0.2) is 17.6 Å². The molecular weight excluding hydrogens is 1290 g/mol. The van der Waals surface area contributed by atoms with Gasteiger partial charge in [0.15, 0.2) is 11.6 Å². The lowest BCUT2D eigenvalue weighted by Crippen LogP contribution is -2.50. The van der Waals surface area contributed by atoms with Crippen LogP contribution in [0.4, 0.5) is 93.0 Å². The lowest BCUT2D eigenvalue weighted by molar-refractivity contribution is -0.349. The van der Waals surface area contributed by atoms with E-state index in [9.17, 15) is 85.0 Å². The third kappa shape index (κ3) is 14.6. The van der Waals surface area contributed by atoms with Crippen molar-refractivity contribution in [1.82, 2.24) is 9.97 Å². The van der Waals surface area contributed by atoms with E-state index in [2.05, 4.69) is 57.8 Å². The summed E-state index contributed by atoms with van der Waals surface area (Å²) in [5.41, 5.74) is -17.0. The summed E-state index contributed by atoms with van der Waals surface area (Å²) in [4.78, 5) is 57.1. The number of alkyl halides is 14. The number of aromatic nitrogens is 2. The summed E-state index contributed by atoms with van der Waals surface area (Å²) in [6, 6.07) is 13.7. The quantitative estimate of drug-likeness (QED) is 0.0821. The molecule has 0 atom stereocenters. The first-order valence-corrected chi connectivity index (χ1v) is 24.1. The van der Waals surface area contributed by atoms with Gasteiger partial charge in [0.05, 0.1) is 43.9 Å². The van der Waals surface area contributed by atoms with Crippen molar-refractivity contribution in [2.24, 2.45) is 0 Å². The Morgan fingerprint density at radius 3 is 1.28 bits per heavy atom. The van der Waals surface area contributed by atoms with Gasteiger partial charge in [-0.1, -0.05) is 35.3 Å².